The van der Waals surface area contributed by atoms with E-state index in [0.29, 0.717) is 5.56 Å². The molecule has 19 heavy (non-hydrogen) atoms. The van der Waals surface area contributed by atoms with Crippen molar-refractivity contribution in [1.82, 2.24) is 9.97 Å². The minimum Gasteiger partial charge on any atom is -0.404 e. The normalized spacial score (nSPS) is 10.3. The van der Waals surface area contributed by atoms with Crippen LogP contribution < -0.4 is 4.74 Å². The number of ether oxygens (including phenoxy) is 1. The van der Waals surface area contributed by atoms with E-state index in [1.807, 2.05) is 24.3 Å². The number of esters is 1. The molecule has 2 heterocycles. The summed E-state index contributed by atoms with van der Waals surface area (Å²) in [6.07, 6.45) is 3.08. The second kappa shape index (κ2) is 4.86. The van der Waals surface area contributed by atoms with Crippen molar-refractivity contribution in [1.29, 1.82) is 0 Å². The summed E-state index contributed by atoms with van der Waals surface area (Å²) in [6, 6.07) is 14.5. The van der Waals surface area contributed by atoms with Crippen LogP contribution in [-0.2, 0) is 0 Å². The zero-order valence-corrected chi connectivity index (χ0v) is 9.98. The van der Waals surface area contributed by atoms with Gasteiger partial charge in [-0.15, -0.1) is 0 Å². The molecule has 0 aliphatic heterocycles. The predicted octanol–water partition coefficient (Wildman–Crippen LogP) is 2.85. The number of carbonyl (C=O) groups is 1. The van der Waals surface area contributed by atoms with Crippen LogP contribution in [0.25, 0.3) is 10.9 Å². The number of carbonyl (C=O) groups excluding carboxylic acids is 1. The van der Waals surface area contributed by atoms with E-state index < -0.39 is 5.97 Å². The van der Waals surface area contributed by atoms with Crippen LogP contribution >= 0.6 is 0 Å². The first-order valence-electron chi connectivity index (χ1n) is 5.81. The van der Waals surface area contributed by atoms with Gasteiger partial charge in [0.1, 0.15) is 0 Å². The van der Waals surface area contributed by atoms with Gasteiger partial charge < -0.3 is 4.74 Å². The first kappa shape index (κ1) is 11.3. The highest BCUT2D eigenvalue weighted by molar-refractivity contribution is 5.94. The third-order valence-corrected chi connectivity index (χ3v) is 2.66. The van der Waals surface area contributed by atoms with E-state index in [2.05, 4.69) is 9.97 Å². The van der Waals surface area contributed by atoms with E-state index in [0.717, 1.165) is 10.9 Å². The maximum atomic E-state index is 12.0. The smallest absolute Gasteiger partial charge is 0.346 e. The van der Waals surface area contributed by atoms with Crippen molar-refractivity contribution < 1.29 is 9.53 Å². The Bertz CT molecular complexity index is 726. The predicted molar refractivity (Wildman–Crippen MR) is 70.9 cm³/mol. The summed E-state index contributed by atoms with van der Waals surface area (Å²) in [6.45, 7) is 0. The second-order valence-corrected chi connectivity index (χ2v) is 3.97. The van der Waals surface area contributed by atoms with Gasteiger partial charge in [0.05, 0.1) is 11.1 Å². The fourth-order valence-electron chi connectivity index (χ4n) is 1.74. The first-order chi connectivity index (χ1) is 9.33. The van der Waals surface area contributed by atoms with Gasteiger partial charge in [0, 0.05) is 23.8 Å². The Morgan fingerprint density at radius 2 is 1.84 bits per heavy atom. The molecule has 0 radical (unpaired) electrons. The summed E-state index contributed by atoms with van der Waals surface area (Å²) >= 11 is 0. The molecule has 0 N–H and O–H groups in total. The Morgan fingerprint density at radius 1 is 1.00 bits per heavy atom. The standard InChI is InChI=1S/C15H10N2O2/c18-15(19-14-7-3-4-8-16-14)12-9-11-5-1-2-6-13(11)17-10-12/h1-10H. The largest absolute Gasteiger partial charge is 0.404 e. The van der Waals surface area contributed by atoms with E-state index in [9.17, 15) is 4.79 Å². The highest BCUT2D eigenvalue weighted by atomic mass is 16.5. The number of rotatable bonds is 2. The number of hydrogen-bond acceptors (Lipinski definition) is 4. The van der Waals surface area contributed by atoms with E-state index >= 15 is 0 Å². The van der Waals surface area contributed by atoms with Crippen LogP contribution in [-0.4, -0.2) is 15.9 Å². The van der Waals surface area contributed by atoms with Crippen LogP contribution in [0.3, 0.4) is 0 Å². The monoisotopic (exact) mass is 250 g/mol. The molecule has 0 saturated heterocycles. The highest BCUT2D eigenvalue weighted by Gasteiger charge is 2.10. The van der Waals surface area contributed by atoms with Crippen LogP contribution in [0, 0.1) is 0 Å². The number of aromatic nitrogens is 2. The van der Waals surface area contributed by atoms with Crippen molar-refractivity contribution in [2.45, 2.75) is 0 Å². The fraction of sp³-hybridized carbons (Fsp3) is 0. The number of hydrogen-bond donors (Lipinski definition) is 0. The second-order valence-electron chi connectivity index (χ2n) is 3.97. The maximum Gasteiger partial charge on any atom is 0.346 e. The quantitative estimate of drug-likeness (QED) is 0.656. The van der Waals surface area contributed by atoms with Crippen LogP contribution in [0.4, 0.5) is 0 Å². The molecule has 0 bridgehead atoms. The molecular formula is C15H10N2O2. The topological polar surface area (TPSA) is 52.1 Å². The summed E-state index contributed by atoms with van der Waals surface area (Å²) in [7, 11) is 0. The lowest BCUT2D eigenvalue weighted by atomic mass is 10.1. The lowest BCUT2D eigenvalue weighted by molar-refractivity contribution is 0.0727. The van der Waals surface area contributed by atoms with Gasteiger partial charge in [-0.05, 0) is 18.2 Å². The number of fused-ring (bicyclic) bond motifs is 1. The van der Waals surface area contributed by atoms with Crippen molar-refractivity contribution in [3.05, 3.63) is 66.5 Å². The lowest BCUT2D eigenvalue weighted by Crippen LogP contribution is -2.09. The zero-order chi connectivity index (χ0) is 13.1. The van der Waals surface area contributed by atoms with Gasteiger partial charge in [-0.2, -0.15) is 0 Å². The molecule has 4 heteroatoms. The summed E-state index contributed by atoms with van der Waals surface area (Å²) in [5.74, 6) is -0.183. The summed E-state index contributed by atoms with van der Waals surface area (Å²) in [5.41, 5.74) is 1.25. The molecule has 0 fully saturated rings. The Morgan fingerprint density at radius 3 is 2.68 bits per heavy atom. The van der Waals surface area contributed by atoms with Crippen molar-refractivity contribution >= 4 is 16.9 Å². The molecule has 0 amide bonds. The van der Waals surface area contributed by atoms with E-state index in [1.165, 1.54) is 6.20 Å². The molecule has 0 unspecified atom stereocenters. The van der Waals surface area contributed by atoms with Crippen molar-refractivity contribution in [3.8, 4) is 5.88 Å². The molecule has 3 aromatic rings. The molecule has 3 rings (SSSR count). The molecule has 0 spiro atoms. The minimum atomic E-state index is -0.461. The molecule has 0 aliphatic carbocycles. The van der Waals surface area contributed by atoms with Gasteiger partial charge in [-0.25, -0.2) is 9.78 Å². The Kier molecular flexibility index (Phi) is 2.90. The van der Waals surface area contributed by atoms with Crippen LogP contribution in [0.2, 0.25) is 0 Å². The number of pyridine rings is 2. The van der Waals surface area contributed by atoms with E-state index in [-0.39, 0.29) is 5.88 Å². The molecule has 92 valence electrons. The van der Waals surface area contributed by atoms with Crippen LogP contribution in [0.15, 0.2) is 60.9 Å². The SMILES string of the molecule is O=C(Oc1ccccn1)c1cnc2ccccc2c1. The summed E-state index contributed by atoms with van der Waals surface area (Å²) in [5, 5.41) is 0.901. The Hall–Kier alpha value is -2.75. The van der Waals surface area contributed by atoms with Crippen LogP contribution in [0.5, 0.6) is 5.88 Å². The van der Waals surface area contributed by atoms with Crippen molar-refractivity contribution in [2.75, 3.05) is 0 Å². The number of benzene rings is 1. The fourth-order valence-corrected chi connectivity index (χ4v) is 1.74. The van der Waals surface area contributed by atoms with Gasteiger partial charge in [-0.3, -0.25) is 4.98 Å². The molecule has 0 atom stereocenters. The molecule has 2 aromatic heterocycles. The van der Waals surface area contributed by atoms with E-state index in [4.69, 9.17) is 4.74 Å². The van der Waals surface area contributed by atoms with Gasteiger partial charge in [0.2, 0.25) is 5.88 Å². The zero-order valence-electron chi connectivity index (χ0n) is 9.98. The molecule has 0 saturated carbocycles. The average Bonchev–Trinajstić information content (AvgIpc) is 2.48. The van der Waals surface area contributed by atoms with Gasteiger partial charge in [0.15, 0.2) is 0 Å². The minimum absolute atomic E-state index is 0.278. The highest BCUT2D eigenvalue weighted by Crippen LogP contribution is 2.14. The van der Waals surface area contributed by atoms with E-state index in [1.54, 1.807) is 30.5 Å². The van der Waals surface area contributed by atoms with Gasteiger partial charge in [0.25, 0.3) is 0 Å². The summed E-state index contributed by atoms with van der Waals surface area (Å²) < 4.78 is 5.16. The molecule has 4 nitrogen and oxygen atoms in total. The maximum absolute atomic E-state index is 12.0. The van der Waals surface area contributed by atoms with Gasteiger partial charge in [-0.1, -0.05) is 24.3 Å². The average molecular weight is 250 g/mol. The summed E-state index contributed by atoms with van der Waals surface area (Å²) in [4.78, 5) is 20.1. The molecule has 0 aliphatic rings. The third kappa shape index (κ3) is 2.42. The Labute approximate surface area is 109 Å². The van der Waals surface area contributed by atoms with Crippen molar-refractivity contribution in [2.24, 2.45) is 0 Å². The lowest BCUT2D eigenvalue weighted by Gasteiger charge is -2.03. The molecular weight excluding hydrogens is 240 g/mol. The van der Waals surface area contributed by atoms with Crippen molar-refractivity contribution in [3.63, 3.8) is 0 Å². The van der Waals surface area contributed by atoms with Gasteiger partial charge >= 0.3 is 5.97 Å². The Balaban J connectivity index is 1.89. The molecule has 1 aromatic carbocycles. The number of para-hydroxylation sites is 1. The van der Waals surface area contributed by atoms with Crippen LogP contribution in [0.1, 0.15) is 10.4 Å². The third-order valence-electron chi connectivity index (χ3n) is 2.66. The number of nitrogens with zero attached hydrogens (tertiary/aromatic N) is 2. The first-order valence-corrected chi connectivity index (χ1v) is 5.81.